The van der Waals surface area contributed by atoms with Gasteiger partial charge in [0, 0.05) is 6.54 Å². The van der Waals surface area contributed by atoms with Crippen molar-refractivity contribution in [1.29, 1.82) is 0 Å². The van der Waals surface area contributed by atoms with Gasteiger partial charge in [0.05, 0.1) is 11.5 Å². The lowest BCUT2D eigenvalue weighted by atomic mass is 10.1. The lowest BCUT2D eigenvalue weighted by Crippen LogP contribution is -2.45. The minimum absolute atomic E-state index is 0.00388. The summed E-state index contributed by atoms with van der Waals surface area (Å²) >= 11 is 0. The van der Waals surface area contributed by atoms with Crippen LogP contribution in [0.2, 0.25) is 0 Å². The van der Waals surface area contributed by atoms with Gasteiger partial charge in [-0.2, -0.15) is 0 Å². The third-order valence-corrected chi connectivity index (χ3v) is 5.76. The van der Waals surface area contributed by atoms with Gasteiger partial charge in [0.25, 0.3) is 0 Å². The van der Waals surface area contributed by atoms with Crippen LogP contribution in [-0.4, -0.2) is 52.0 Å². The topological polar surface area (TPSA) is 130 Å². The molecule has 10 heteroatoms. The van der Waals surface area contributed by atoms with Gasteiger partial charge in [0.2, 0.25) is 20.0 Å². The van der Waals surface area contributed by atoms with E-state index < -0.39 is 37.8 Å². The molecule has 0 aliphatic heterocycles. The summed E-state index contributed by atoms with van der Waals surface area (Å²) < 4.78 is 50.5. The first-order chi connectivity index (χ1) is 10.7. The fourth-order valence-corrected chi connectivity index (χ4v) is 3.59. The van der Waals surface area contributed by atoms with Crippen LogP contribution in [-0.2, 0) is 31.3 Å². The predicted molar refractivity (Wildman–Crippen MR) is 86.0 cm³/mol. The molecule has 0 radical (unpaired) electrons. The number of nitrogens with one attached hydrogen (secondary N) is 2. The minimum Gasteiger partial charge on any atom is -0.480 e. The first kappa shape index (κ1) is 19.6. The number of carboxylic acid groups (broad SMARTS) is 1. The van der Waals surface area contributed by atoms with Crippen molar-refractivity contribution in [2.75, 3.05) is 18.1 Å². The molecule has 1 atom stereocenters. The van der Waals surface area contributed by atoms with E-state index in [1.54, 1.807) is 30.3 Å². The Morgan fingerprint density at radius 3 is 2.26 bits per heavy atom. The second-order valence-corrected chi connectivity index (χ2v) is 8.78. The van der Waals surface area contributed by atoms with E-state index in [2.05, 4.69) is 9.44 Å². The normalized spacial score (nSPS) is 13.6. The van der Waals surface area contributed by atoms with E-state index in [1.165, 1.54) is 6.92 Å². The molecule has 3 N–H and O–H groups in total. The predicted octanol–water partition coefficient (Wildman–Crippen LogP) is -0.459. The Kier molecular flexibility index (Phi) is 7.13. The average Bonchev–Trinajstić information content (AvgIpc) is 2.47. The summed E-state index contributed by atoms with van der Waals surface area (Å²) in [6.45, 7) is 1.11. The van der Waals surface area contributed by atoms with Crippen molar-refractivity contribution in [1.82, 2.24) is 9.44 Å². The second-order valence-electron chi connectivity index (χ2n) is 4.82. The monoisotopic (exact) mass is 364 g/mol. The number of hydrogen-bond donors (Lipinski definition) is 3. The van der Waals surface area contributed by atoms with Gasteiger partial charge in [0.15, 0.2) is 0 Å². The quantitative estimate of drug-likeness (QED) is 0.515. The summed E-state index contributed by atoms with van der Waals surface area (Å²) in [7, 11) is -7.43. The summed E-state index contributed by atoms with van der Waals surface area (Å²) in [6.07, 6.45) is -0.00388. The third-order valence-electron chi connectivity index (χ3n) is 2.98. The standard InChI is InChI=1S/C13H20N2O6S2/c1-2-22(18,19)14-8-9-23(20,21)15-12(13(16)17)10-11-6-4-3-5-7-11/h3-7,12,14-15H,2,8-10H2,1H3,(H,16,17)/t12-/m1/s1. The summed E-state index contributed by atoms with van der Waals surface area (Å²) in [6, 6.07) is 7.29. The lowest BCUT2D eigenvalue weighted by Gasteiger charge is -2.15. The van der Waals surface area contributed by atoms with E-state index in [0.29, 0.717) is 5.56 Å². The maximum Gasteiger partial charge on any atom is 0.322 e. The van der Waals surface area contributed by atoms with Crippen molar-refractivity contribution in [2.24, 2.45) is 0 Å². The van der Waals surface area contributed by atoms with Gasteiger partial charge in [-0.05, 0) is 18.9 Å². The van der Waals surface area contributed by atoms with Gasteiger partial charge in [-0.3, -0.25) is 4.79 Å². The summed E-state index contributed by atoms with van der Waals surface area (Å²) in [5, 5.41) is 9.15. The molecule has 130 valence electrons. The molecule has 0 fully saturated rings. The van der Waals surface area contributed by atoms with Crippen LogP contribution < -0.4 is 9.44 Å². The van der Waals surface area contributed by atoms with Gasteiger partial charge in [-0.15, -0.1) is 0 Å². The molecule has 0 bridgehead atoms. The first-order valence-electron chi connectivity index (χ1n) is 6.89. The molecule has 1 aromatic rings. The van der Waals surface area contributed by atoms with Crippen LogP contribution >= 0.6 is 0 Å². The molecule has 0 saturated carbocycles. The molecule has 0 aliphatic rings. The largest absolute Gasteiger partial charge is 0.480 e. The van der Waals surface area contributed by atoms with Crippen molar-refractivity contribution in [3.05, 3.63) is 35.9 Å². The maximum atomic E-state index is 11.9. The van der Waals surface area contributed by atoms with E-state index in [9.17, 15) is 21.6 Å². The molecule has 1 rings (SSSR count). The van der Waals surface area contributed by atoms with Gasteiger partial charge >= 0.3 is 5.97 Å². The highest BCUT2D eigenvalue weighted by molar-refractivity contribution is 7.90. The number of sulfonamides is 2. The van der Waals surface area contributed by atoms with E-state index in [1.807, 2.05) is 0 Å². The highest BCUT2D eigenvalue weighted by Gasteiger charge is 2.24. The van der Waals surface area contributed by atoms with Gasteiger partial charge in [-0.25, -0.2) is 26.3 Å². The molecule has 0 aromatic heterocycles. The molecule has 0 spiro atoms. The highest BCUT2D eigenvalue weighted by atomic mass is 32.2. The number of hydrogen-bond acceptors (Lipinski definition) is 5. The Hall–Kier alpha value is -1.49. The molecular formula is C13H20N2O6S2. The molecule has 8 nitrogen and oxygen atoms in total. The van der Waals surface area contributed by atoms with Crippen molar-refractivity contribution in [3.8, 4) is 0 Å². The summed E-state index contributed by atoms with van der Waals surface area (Å²) in [4.78, 5) is 11.2. The van der Waals surface area contributed by atoms with Crippen molar-refractivity contribution < 1.29 is 26.7 Å². The summed E-state index contributed by atoms with van der Waals surface area (Å²) in [5.41, 5.74) is 0.675. The number of rotatable bonds is 10. The molecule has 1 aromatic carbocycles. The van der Waals surface area contributed by atoms with E-state index in [4.69, 9.17) is 5.11 Å². The Morgan fingerprint density at radius 1 is 1.13 bits per heavy atom. The molecule has 0 heterocycles. The second kappa shape index (κ2) is 8.39. The zero-order valence-corrected chi connectivity index (χ0v) is 14.2. The lowest BCUT2D eigenvalue weighted by molar-refractivity contribution is -0.138. The smallest absolute Gasteiger partial charge is 0.322 e. The Labute approximate surface area is 136 Å². The summed E-state index contributed by atoms with van der Waals surface area (Å²) in [5.74, 6) is -2.00. The van der Waals surface area contributed by atoms with Crippen LogP contribution in [0.1, 0.15) is 12.5 Å². The van der Waals surface area contributed by atoms with Crippen LogP contribution in [0.5, 0.6) is 0 Å². The third kappa shape index (κ3) is 7.55. The molecule has 0 unspecified atom stereocenters. The van der Waals surface area contributed by atoms with Crippen LogP contribution in [0.4, 0.5) is 0 Å². The number of benzene rings is 1. The van der Waals surface area contributed by atoms with E-state index in [-0.39, 0.29) is 18.7 Å². The van der Waals surface area contributed by atoms with Crippen molar-refractivity contribution >= 4 is 26.0 Å². The molecule has 0 aliphatic carbocycles. The van der Waals surface area contributed by atoms with Gasteiger partial charge in [0.1, 0.15) is 6.04 Å². The van der Waals surface area contributed by atoms with Crippen LogP contribution in [0.25, 0.3) is 0 Å². The minimum atomic E-state index is -3.93. The SMILES string of the molecule is CCS(=O)(=O)NCCS(=O)(=O)N[C@H](Cc1ccccc1)C(=O)O. The number of aliphatic carboxylic acids is 1. The zero-order chi connectivity index (χ0) is 17.5. The Balaban J connectivity index is 2.66. The first-order valence-corrected chi connectivity index (χ1v) is 10.2. The fourth-order valence-electron chi connectivity index (χ4n) is 1.74. The van der Waals surface area contributed by atoms with Gasteiger partial charge in [-0.1, -0.05) is 30.3 Å². The van der Waals surface area contributed by atoms with Crippen LogP contribution in [0, 0.1) is 0 Å². The van der Waals surface area contributed by atoms with Gasteiger partial charge < -0.3 is 5.11 Å². The average molecular weight is 364 g/mol. The van der Waals surface area contributed by atoms with Crippen LogP contribution in [0.15, 0.2) is 30.3 Å². The highest BCUT2D eigenvalue weighted by Crippen LogP contribution is 2.04. The van der Waals surface area contributed by atoms with Crippen molar-refractivity contribution in [3.63, 3.8) is 0 Å². The van der Waals surface area contributed by atoms with E-state index in [0.717, 1.165) is 0 Å². The van der Waals surface area contributed by atoms with Crippen LogP contribution in [0.3, 0.4) is 0 Å². The fraction of sp³-hybridized carbons (Fsp3) is 0.462. The maximum absolute atomic E-state index is 11.9. The zero-order valence-electron chi connectivity index (χ0n) is 12.6. The molecule has 23 heavy (non-hydrogen) atoms. The van der Waals surface area contributed by atoms with E-state index >= 15 is 0 Å². The molecule has 0 amide bonds. The molecule has 0 saturated heterocycles. The number of carboxylic acids is 1. The molecular weight excluding hydrogens is 344 g/mol. The Morgan fingerprint density at radius 2 is 1.74 bits per heavy atom. The number of carbonyl (C=O) groups is 1. The Bertz CT molecular complexity index is 716. The van der Waals surface area contributed by atoms with Crippen molar-refractivity contribution in [2.45, 2.75) is 19.4 Å².